The number of aromatic nitrogens is 1. The van der Waals surface area contributed by atoms with Crippen LogP contribution in [-0.2, 0) is 43.0 Å². The van der Waals surface area contributed by atoms with Crippen molar-refractivity contribution in [2.24, 2.45) is 5.92 Å². The lowest BCUT2D eigenvalue weighted by Gasteiger charge is -2.26. The molecule has 2 aliphatic carbocycles. The number of benzene rings is 1. The minimum absolute atomic E-state index is 0.0372. The maximum Gasteiger partial charge on any atom is 0.416 e. The number of aryl methyl sites for hydroxylation is 2. The number of aromatic amines is 1. The summed E-state index contributed by atoms with van der Waals surface area (Å²) in [7, 11) is 1.14. The third kappa shape index (κ3) is 6.97. The number of rotatable bonds is 8. The van der Waals surface area contributed by atoms with Gasteiger partial charge in [-0.1, -0.05) is 12.8 Å². The molecule has 1 aromatic heterocycles. The van der Waals surface area contributed by atoms with Gasteiger partial charge in [-0.15, -0.1) is 0 Å². The molecule has 1 saturated carbocycles. The van der Waals surface area contributed by atoms with E-state index in [1.807, 2.05) is 13.0 Å². The van der Waals surface area contributed by atoms with Crippen LogP contribution in [0, 0.1) is 5.92 Å². The Morgan fingerprint density at radius 2 is 1.59 bits per heavy atom. The Labute approximate surface area is 224 Å². The van der Waals surface area contributed by atoms with E-state index >= 15 is 0 Å². The molecule has 1 N–H and O–H groups in total. The number of hydrogen-bond donors (Lipinski definition) is 0. The van der Waals surface area contributed by atoms with Gasteiger partial charge in [0.05, 0.1) is 43.4 Å². The largest absolute Gasteiger partial charge is 0.453 e. The van der Waals surface area contributed by atoms with Gasteiger partial charge in [-0.05, 0) is 73.9 Å². The van der Waals surface area contributed by atoms with Crippen LogP contribution < -0.4 is 9.88 Å². The van der Waals surface area contributed by atoms with Gasteiger partial charge in [0.25, 0.3) is 5.82 Å². The lowest BCUT2D eigenvalue weighted by atomic mass is 10.0. The standard InChI is InChI=1S/C28H33F6N3O2/c1-3-36(15-18-7-4-5-8-18)25-21(13-20-9-6-10-24(20)35-25)17-37(26(38)39-2)16-19-11-22(27(29,30)31)14-23(12-19)28(32,33)34/h11-14,18H,3-10,15-17H2,1-2H3/p+1. The van der Waals surface area contributed by atoms with Crippen molar-refractivity contribution in [3.05, 3.63) is 57.8 Å². The number of halogens is 6. The van der Waals surface area contributed by atoms with E-state index in [9.17, 15) is 31.1 Å². The normalized spacial score (nSPS) is 15.9. The molecular formula is C28H34F6N3O2+. The van der Waals surface area contributed by atoms with Crippen LogP contribution in [0.1, 0.15) is 72.5 Å². The molecule has 1 amide bonds. The predicted molar refractivity (Wildman–Crippen MR) is 133 cm³/mol. The number of anilines is 1. The molecule has 0 unspecified atom stereocenters. The Morgan fingerprint density at radius 3 is 2.15 bits per heavy atom. The van der Waals surface area contributed by atoms with E-state index in [2.05, 4.69) is 9.88 Å². The van der Waals surface area contributed by atoms with Crippen molar-refractivity contribution in [1.29, 1.82) is 0 Å². The van der Waals surface area contributed by atoms with Crippen LogP contribution >= 0.6 is 0 Å². The number of hydrogen-bond acceptors (Lipinski definition) is 3. The van der Waals surface area contributed by atoms with Crippen LogP contribution in [0.2, 0.25) is 0 Å². The number of H-pyrrole nitrogens is 1. The van der Waals surface area contributed by atoms with E-state index in [1.54, 1.807) is 0 Å². The summed E-state index contributed by atoms with van der Waals surface area (Å²) in [5.41, 5.74) is -0.142. The summed E-state index contributed by atoms with van der Waals surface area (Å²) in [5, 5.41) is 0. The van der Waals surface area contributed by atoms with Gasteiger partial charge in [0.15, 0.2) is 0 Å². The molecule has 5 nitrogen and oxygen atoms in total. The predicted octanol–water partition coefficient (Wildman–Crippen LogP) is 6.81. The molecule has 0 atom stereocenters. The fourth-order valence-electron chi connectivity index (χ4n) is 5.71. The average Bonchev–Trinajstić information content (AvgIpc) is 3.56. The van der Waals surface area contributed by atoms with E-state index in [0.29, 0.717) is 24.6 Å². The van der Waals surface area contributed by atoms with Crippen LogP contribution in [0.5, 0.6) is 0 Å². The van der Waals surface area contributed by atoms with Gasteiger partial charge in [0, 0.05) is 13.0 Å². The maximum absolute atomic E-state index is 13.4. The first-order valence-electron chi connectivity index (χ1n) is 13.3. The van der Waals surface area contributed by atoms with Crippen LogP contribution in [0.4, 0.5) is 37.0 Å². The Bertz CT molecular complexity index is 1140. The van der Waals surface area contributed by atoms with Gasteiger partial charge in [-0.2, -0.15) is 26.3 Å². The number of nitrogens with zero attached hydrogens (tertiary/aromatic N) is 2. The molecule has 2 aromatic rings. The Hall–Kier alpha value is -2.98. The fourth-order valence-corrected chi connectivity index (χ4v) is 5.71. The van der Waals surface area contributed by atoms with Gasteiger partial charge in [0.1, 0.15) is 5.69 Å². The first-order chi connectivity index (χ1) is 18.4. The van der Waals surface area contributed by atoms with Gasteiger partial charge >= 0.3 is 18.4 Å². The summed E-state index contributed by atoms with van der Waals surface area (Å²) >= 11 is 0. The molecule has 39 heavy (non-hydrogen) atoms. The number of pyridine rings is 1. The maximum atomic E-state index is 13.4. The molecule has 0 spiro atoms. The Kier molecular flexibility index (Phi) is 8.66. The van der Waals surface area contributed by atoms with Gasteiger partial charge in [-0.25, -0.2) is 9.78 Å². The van der Waals surface area contributed by atoms with Crippen molar-refractivity contribution in [2.75, 3.05) is 25.1 Å². The van der Waals surface area contributed by atoms with Crippen molar-refractivity contribution < 1.29 is 40.9 Å². The van der Waals surface area contributed by atoms with Gasteiger partial charge in [-0.3, -0.25) is 9.80 Å². The number of methoxy groups -OCH3 is 1. The second-order valence-electron chi connectivity index (χ2n) is 10.4. The zero-order chi connectivity index (χ0) is 28.4. The summed E-state index contributed by atoms with van der Waals surface area (Å²) < 4.78 is 85.5. The second kappa shape index (κ2) is 11.6. The molecule has 1 fully saturated rings. The number of alkyl halides is 6. The van der Waals surface area contributed by atoms with E-state index in [4.69, 9.17) is 4.74 Å². The minimum Gasteiger partial charge on any atom is -0.453 e. The highest BCUT2D eigenvalue weighted by atomic mass is 19.4. The van der Waals surface area contributed by atoms with Crippen molar-refractivity contribution >= 4 is 11.9 Å². The van der Waals surface area contributed by atoms with Crippen molar-refractivity contribution in [3.63, 3.8) is 0 Å². The summed E-state index contributed by atoms with van der Waals surface area (Å²) in [6.07, 6.45) is -3.40. The van der Waals surface area contributed by atoms with E-state index in [0.717, 1.165) is 73.3 Å². The van der Waals surface area contributed by atoms with Crippen LogP contribution in [0.15, 0.2) is 24.3 Å². The zero-order valence-electron chi connectivity index (χ0n) is 22.1. The molecule has 1 aromatic carbocycles. The van der Waals surface area contributed by atoms with Gasteiger partial charge in [0.2, 0.25) is 0 Å². The van der Waals surface area contributed by atoms with Crippen molar-refractivity contribution in [1.82, 2.24) is 4.90 Å². The number of nitrogens with one attached hydrogen (secondary N) is 1. The lowest BCUT2D eigenvalue weighted by Crippen LogP contribution is -2.37. The molecule has 0 saturated heterocycles. The first kappa shape index (κ1) is 29.0. The number of carbonyl (C=O) groups excluding carboxylic acids is 1. The number of ether oxygens (including phenoxy) is 1. The average molecular weight is 559 g/mol. The van der Waals surface area contributed by atoms with Gasteiger partial charge < -0.3 is 4.74 Å². The molecule has 1 heterocycles. The highest BCUT2D eigenvalue weighted by molar-refractivity contribution is 5.68. The van der Waals surface area contributed by atoms with Crippen molar-refractivity contribution in [3.8, 4) is 0 Å². The summed E-state index contributed by atoms with van der Waals surface area (Å²) in [5.74, 6) is 1.38. The smallest absolute Gasteiger partial charge is 0.416 e. The third-order valence-corrected chi connectivity index (χ3v) is 7.65. The topological polar surface area (TPSA) is 46.9 Å². The molecule has 0 radical (unpaired) electrons. The van der Waals surface area contributed by atoms with Crippen molar-refractivity contribution in [2.45, 2.75) is 77.3 Å². The quantitative estimate of drug-likeness (QED) is 0.335. The van der Waals surface area contributed by atoms with Crippen LogP contribution in [0.3, 0.4) is 0 Å². The van der Waals surface area contributed by atoms with E-state index < -0.39 is 36.1 Å². The third-order valence-electron chi connectivity index (χ3n) is 7.65. The minimum atomic E-state index is -4.98. The fraction of sp³-hybridized carbons (Fsp3) is 0.571. The summed E-state index contributed by atoms with van der Waals surface area (Å²) in [4.78, 5) is 19.7. The van der Waals surface area contributed by atoms with Crippen LogP contribution in [-0.4, -0.2) is 31.2 Å². The highest BCUT2D eigenvalue weighted by Gasteiger charge is 2.37. The molecule has 2 aliphatic rings. The molecule has 4 rings (SSSR count). The monoisotopic (exact) mass is 558 g/mol. The number of amides is 1. The van der Waals surface area contributed by atoms with E-state index in [1.165, 1.54) is 12.8 Å². The summed E-state index contributed by atoms with van der Waals surface area (Å²) in [6.45, 7) is 3.06. The SMILES string of the molecule is CCN(CC1CCCC1)c1[nH+]c2c(cc1CN(Cc1cc(C(F)(F)F)cc(C(F)(F)F)c1)C(=O)OC)CCC2. The Balaban J connectivity index is 1.70. The molecule has 11 heteroatoms. The van der Waals surface area contributed by atoms with E-state index in [-0.39, 0.29) is 18.2 Å². The summed E-state index contributed by atoms with van der Waals surface area (Å²) in [6, 6.07) is 3.40. The number of carbonyl (C=O) groups is 1. The second-order valence-corrected chi connectivity index (χ2v) is 10.4. The molecule has 214 valence electrons. The first-order valence-corrected chi connectivity index (χ1v) is 13.3. The molecule has 0 bridgehead atoms. The van der Waals surface area contributed by atoms with Crippen LogP contribution in [0.25, 0.3) is 0 Å². The zero-order valence-corrected chi connectivity index (χ0v) is 22.1. The molecule has 0 aliphatic heterocycles. The highest BCUT2D eigenvalue weighted by Crippen LogP contribution is 2.37. The lowest BCUT2D eigenvalue weighted by molar-refractivity contribution is -0.376. The molecular weight excluding hydrogens is 524 g/mol. The number of fused-ring (bicyclic) bond motifs is 1. The Morgan fingerprint density at radius 1 is 0.949 bits per heavy atom.